The smallest absolute Gasteiger partial charge is 0.167 e. The maximum absolute atomic E-state index is 5.90. The standard InChI is InChI=1S/C9H18N4/c1-4-5-7-11-9(13-12-7)8(10)6(2)3/h6,8H,4-5,10H2,1-3H3,(H,11,12,13)/t8-/m1/s1. The predicted octanol–water partition coefficient (Wildman–Crippen LogP) is 1.41. The van der Waals surface area contributed by atoms with Gasteiger partial charge in [-0.15, -0.1) is 0 Å². The summed E-state index contributed by atoms with van der Waals surface area (Å²) in [5.74, 6) is 2.05. The van der Waals surface area contributed by atoms with Gasteiger partial charge in [-0.05, 0) is 12.3 Å². The van der Waals surface area contributed by atoms with Crippen LogP contribution in [0, 0.1) is 5.92 Å². The minimum Gasteiger partial charge on any atom is -0.321 e. The molecule has 0 aliphatic carbocycles. The largest absolute Gasteiger partial charge is 0.321 e. The molecule has 1 aromatic rings. The Balaban J connectivity index is 2.67. The first-order valence-corrected chi connectivity index (χ1v) is 4.82. The molecule has 0 saturated heterocycles. The predicted molar refractivity (Wildman–Crippen MR) is 52.1 cm³/mol. The highest BCUT2D eigenvalue weighted by atomic mass is 15.2. The van der Waals surface area contributed by atoms with Gasteiger partial charge in [0.25, 0.3) is 0 Å². The molecule has 0 aliphatic rings. The van der Waals surface area contributed by atoms with Gasteiger partial charge >= 0.3 is 0 Å². The van der Waals surface area contributed by atoms with Crippen molar-refractivity contribution in [3.05, 3.63) is 11.6 Å². The molecule has 0 aromatic carbocycles. The zero-order valence-electron chi connectivity index (χ0n) is 8.54. The summed E-state index contributed by atoms with van der Waals surface area (Å²) in [6, 6.07) is -0.0538. The van der Waals surface area contributed by atoms with E-state index in [0.717, 1.165) is 24.5 Å². The molecule has 1 aromatic heterocycles. The normalized spacial score (nSPS) is 13.6. The molecule has 3 N–H and O–H groups in total. The Kier molecular flexibility index (Phi) is 3.42. The van der Waals surface area contributed by atoms with Crippen LogP contribution in [0.15, 0.2) is 0 Å². The Morgan fingerprint density at radius 3 is 2.69 bits per heavy atom. The molecule has 0 spiro atoms. The number of hydrogen-bond acceptors (Lipinski definition) is 3. The van der Waals surface area contributed by atoms with Crippen LogP contribution in [0.5, 0.6) is 0 Å². The zero-order valence-corrected chi connectivity index (χ0v) is 8.54. The van der Waals surface area contributed by atoms with E-state index in [1.165, 1.54) is 0 Å². The van der Waals surface area contributed by atoms with Crippen molar-refractivity contribution in [2.45, 2.75) is 39.7 Å². The van der Waals surface area contributed by atoms with Crippen molar-refractivity contribution in [3.8, 4) is 0 Å². The summed E-state index contributed by atoms with van der Waals surface area (Å²) in [4.78, 5) is 4.33. The molecule has 1 rings (SSSR count). The lowest BCUT2D eigenvalue weighted by Crippen LogP contribution is -2.18. The molecule has 0 amide bonds. The number of rotatable bonds is 4. The average Bonchev–Trinajstić information content (AvgIpc) is 2.52. The summed E-state index contributed by atoms with van der Waals surface area (Å²) in [5.41, 5.74) is 5.90. The first-order valence-electron chi connectivity index (χ1n) is 4.82. The molecule has 1 heterocycles. The Morgan fingerprint density at radius 2 is 2.15 bits per heavy atom. The average molecular weight is 182 g/mol. The fourth-order valence-corrected chi connectivity index (χ4v) is 1.11. The molecule has 0 fully saturated rings. The number of hydrogen-bond donors (Lipinski definition) is 2. The van der Waals surface area contributed by atoms with Crippen molar-refractivity contribution in [1.82, 2.24) is 15.2 Å². The van der Waals surface area contributed by atoms with Gasteiger partial charge in [-0.25, -0.2) is 4.98 Å². The van der Waals surface area contributed by atoms with Crippen LogP contribution >= 0.6 is 0 Å². The number of aromatic amines is 1. The highest BCUT2D eigenvalue weighted by molar-refractivity contribution is 4.96. The van der Waals surface area contributed by atoms with Gasteiger partial charge in [0.1, 0.15) is 5.82 Å². The van der Waals surface area contributed by atoms with E-state index in [-0.39, 0.29) is 6.04 Å². The molecule has 13 heavy (non-hydrogen) atoms. The van der Waals surface area contributed by atoms with Crippen molar-refractivity contribution < 1.29 is 0 Å². The quantitative estimate of drug-likeness (QED) is 0.739. The summed E-state index contributed by atoms with van der Waals surface area (Å²) in [6.07, 6.45) is 2.02. The summed E-state index contributed by atoms with van der Waals surface area (Å²) < 4.78 is 0. The number of H-pyrrole nitrogens is 1. The van der Waals surface area contributed by atoms with E-state index in [4.69, 9.17) is 5.73 Å². The topological polar surface area (TPSA) is 67.6 Å². The van der Waals surface area contributed by atoms with Gasteiger partial charge in [-0.2, -0.15) is 5.10 Å². The minimum absolute atomic E-state index is 0.0538. The first-order chi connectivity index (χ1) is 6.15. The van der Waals surface area contributed by atoms with Crippen LogP contribution < -0.4 is 5.73 Å². The van der Waals surface area contributed by atoms with Gasteiger partial charge in [-0.3, -0.25) is 5.10 Å². The maximum atomic E-state index is 5.90. The molecule has 1 atom stereocenters. The third kappa shape index (κ3) is 2.52. The molecule has 4 heteroatoms. The van der Waals surface area contributed by atoms with Crippen molar-refractivity contribution >= 4 is 0 Å². The van der Waals surface area contributed by atoms with Crippen molar-refractivity contribution in [2.75, 3.05) is 0 Å². The molecule has 0 radical (unpaired) electrons. The van der Waals surface area contributed by atoms with E-state index < -0.39 is 0 Å². The van der Waals surface area contributed by atoms with Crippen LogP contribution in [-0.2, 0) is 6.42 Å². The molecule has 0 unspecified atom stereocenters. The monoisotopic (exact) mass is 182 g/mol. The molecule has 0 bridgehead atoms. The van der Waals surface area contributed by atoms with Crippen molar-refractivity contribution in [3.63, 3.8) is 0 Å². The lowest BCUT2D eigenvalue weighted by Gasteiger charge is -2.10. The van der Waals surface area contributed by atoms with Gasteiger partial charge in [-0.1, -0.05) is 20.8 Å². The lowest BCUT2D eigenvalue weighted by atomic mass is 10.1. The molecular formula is C9H18N4. The van der Waals surface area contributed by atoms with Gasteiger partial charge < -0.3 is 5.73 Å². The third-order valence-electron chi connectivity index (χ3n) is 2.05. The molecule has 4 nitrogen and oxygen atoms in total. The van der Waals surface area contributed by atoms with Gasteiger partial charge in [0, 0.05) is 6.42 Å². The van der Waals surface area contributed by atoms with Crippen molar-refractivity contribution in [1.29, 1.82) is 0 Å². The zero-order chi connectivity index (χ0) is 9.84. The minimum atomic E-state index is -0.0538. The second-order valence-electron chi connectivity index (χ2n) is 3.66. The fourth-order valence-electron chi connectivity index (χ4n) is 1.11. The van der Waals surface area contributed by atoms with E-state index >= 15 is 0 Å². The number of nitrogens with one attached hydrogen (secondary N) is 1. The Hall–Kier alpha value is -0.900. The fraction of sp³-hybridized carbons (Fsp3) is 0.778. The number of nitrogens with zero attached hydrogens (tertiary/aromatic N) is 2. The first kappa shape index (κ1) is 10.2. The van der Waals surface area contributed by atoms with Crippen LogP contribution in [0.4, 0.5) is 0 Å². The van der Waals surface area contributed by atoms with E-state index in [0.29, 0.717) is 5.92 Å². The summed E-state index contributed by atoms with van der Waals surface area (Å²) in [7, 11) is 0. The second-order valence-corrected chi connectivity index (χ2v) is 3.66. The molecular weight excluding hydrogens is 164 g/mol. The van der Waals surface area contributed by atoms with E-state index in [2.05, 4.69) is 36.0 Å². The number of nitrogens with two attached hydrogens (primary N) is 1. The van der Waals surface area contributed by atoms with E-state index in [9.17, 15) is 0 Å². The van der Waals surface area contributed by atoms with Crippen LogP contribution in [0.3, 0.4) is 0 Å². The van der Waals surface area contributed by atoms with Crippen molar-refractivity contribution in [2.24, 2.45) is 11.7 Å². The van der Waals surface area contributed by atoms with Gasteiger partial charge in [0.2, 0.25) is 0 Å². The lowest BCUT2D eigenvalue weighted by molar-refractivity contribution is 0.491. The summed E-state index contributed by atoms with van der Waals surface area (Å²) >= 11 is 0. The summed E-state index contributed by atoms with van der Waals surface area (Å²) in [6.45, 7) is 6.26. The molecule has 74 valence electrons. The van der Waals surface area contributed by atoms with Crippen LogP contribution in [0.1, 0.15) is 44.9 Å². The second kappa shape index (κ2) is 4.37. The SMILES string of the molecule is CCCc1nc([C@H](N)C(C)C)n[nH]1. The summed E-state index contributed by atoms with van der Waals surface area (Å²) in [5, 5.41) is 7.00. The number of aromatic nitrogens is 3. The molecule has 0 saturated carbocycles. The Bertz CT molecular complexity index is 254. The van der Waals surface area contributed by atoms with E-state index in [1.807, 2.05) is 0 Å². The number of aryl methyl sites for hydroxylation is 1. The Labute approximate surface area is 78.9 Å². The Morgan fingerprint density at radius 1 is 1.46 bits per heavy atom. The highest BCUT2D eigenvalue weighted by Gasteiger charge is 2.15. The van der Waals surface area contributed by atoms with Crippen LogP contribution in [0.25, 0.3) is 0 Å². The van der Waals surface area contributed by atoms with Crippen LogP contribution in [0.2, 0.25) is 0 Å². The van der Waals surface area contributed by atoms with E-state index in [1.54, 1.807) is 0 Å². The maximum Gasteiger partial charge on any atom is 0.167 e. The third-order valence-corrected chi connectivity index (χ3v) is 2.05. The molecule has 0 aliphatic heterocycles. The van der Waals surface area contributed by atoms with Gasteiger partial charge in [0.15, 0.2) is 5.82 Å². The van der Waals surface area contributed by atoms with Gasteiger partial charge in [0.05, 0.1) is 6.04 Å². The van der Waals surface area contributed by atoms with Crippen LogP contribution in [-0.4, -0.2) is 15.2 Å². The highest BCUT2D eigenvalue weighted by Crippen LogP contribution is 2.14.